The van der Waals surface area contributed by atoms with Crippen molar-refractivity contribution >= 4 is 34.0 Å². The minimum Gasteiger partial charge on any atom is -0.393 e. The Kier molecular flexibility index (Phi) is 4.55. The van der Waals surface area contributed by atoms with Crippen LogP contribution in [0.25, 0.3) is 16.6 Å². The van der Waals surface area contributed by atoms with Crippen LogP contribution in [0.2, 0.25) is 0 Å². The van der Waals surface area contributed by atoms with E-state index in [-0.39, 0.29) is 6.10 Å². The number of anilines is 3. The average molecular weight is 391 g/mol. The van der Waals surface area contributed by atoms with Gasteiger partial charge in [-0.2, -0.15) is 14.6 Å². The van der Waals surface area contributed by atoms with Gasteiger partial charge in [-0.3, -0.25) is 5.10 Å². The Hall–Kier alpha value is -3.13. The third kappa shape index (κ3) is 3.51. The van der Waals surface area contributed by atoms with Crippen LogP contribution < -0.4 is 10.6 Å². The summed E-state index contributed by atoms with van der Waals surface area (Å²) < 4.78 is 1.83. The van der Waals surface area contributed by atoms with E-state index in [1.165, 1.54) is 0 Å². The number of aromatic amines is 1. The molecule has 4 N–H and O–H groups in total. The van der Waals surface area contributed by atoms with E-state index in [9.17, 15) is 5.11 Å². The zero-order chi connectivity index (χ0) is 19.8. The fourth-order valence-corrected chi connectivity index (χ4v) is 4.04. The number of hydrogen-bond acceptors (Lipinski definition) is 6. The zero-order valence-electron chi connectivity index (χ0n) is 16.4. The highest BCUT2D eigenvalue weighted by Crippen LogP contribution is 2.25. The molecular formula is C21H25N7O. The lowest BCUT2D eigenvalue weighted by atomic mass is 9.93. The van der Waals surface area contributed by atoms with Gasteiger partial charge in [-0.15, -0.1) is 5.10 Å². The van der Waals surface area contributed by atoms with Gasteiger partial charge in [0.15, 0.2) is 5.65 Å². The van der Waals surface area contributed by atoms with Crippen molar-refractivity contribution in [2.75, 3.05) is 10.6 Å². The number of H-pyrrole nitrogens is 1. The molecule has 1 aliphatic carbocycles. The molecule has 1 aromatic carbocycles. The smallest absolute Gasteiger partial charge is 0.247 e. The van der Waals surface area contributed by atoms with Gasteiger partial charge in [-0.05, 0) is 62.4 Å². The number of hydrogen-bond donors (Lipinski definition) is 4. The predicted molar refractivity (Wildman–Crippen MR) is 114 cm³/mol. The van der Waals surface area contributed by atoms with Gasteiger partial charge >= 0.3 is 0 Å². The first-order chi connectivity index (χ1) is 14.2. The van der Waals surface area contributed by atoms with E-state index in [4.69, 9.17) is 0 Å². The van der Waals surface area contributed by atoms with Crippen molar-refractivity contribution in [2.45, 2.75) is 51.2 Å². The van der Waals surface area contributed by atoms with Crippen LogP contribution in [0.1, 0.15) is 38.3 Å². The maximum Gasteiger partial charge on any atom is 0.247 e. The Labute approximate surface area is 168 Å². The molecule has 8 heteroatoms. The number of fused-ring (bicyclic) bond motifs is 2. The second kappa shape index (κ2) is 7.36. The van der Waals surface area contributed by atoms with Crippen molar-refractivity contribution in [3.8, 4) is 0 Å². The standard InChI is InChI=1S/C21H25N7O/c1-2-17-16-11-8-14(12-18(16)26-25-17)23-21-24-20-5-3-4-19(28(20)27-21)22-13-6-9-15(29)10-7-13/h3-5,8,11-13,15,22,29H,2,6-7,9-10H2,1H3,(H,23,27)(H,25,26). The number of rotatable bonds is 5. The van der Waals surface area contributed by atoms with Crippen molar-refractivity contribution in [3.05, 3.63) is 42.1 Å². The number of aliphatic hydroxyl groups is 1. The Balaban J connectivity index is 1.38. The van der Waals surface area contributed by atoms with Crippen LogP contribution >= 0.6 is 0 Å². The topological polar surface area (TPSA) is 103 Å². The molecule has 0 amide bonds. The number of nitrogens with zero attached hydrogens (tertiary/aromatic N) is 4. The number of aromatic nitrogens is 5. The Bertz CT molecular complexity index is 1140. The molecule has 3 aromatic heterocycles. The summed E-state index contributed by atoms with van der Waals surface area (Å²) in [6, 6.07) is 12.4. The zero-order valence-corrected chi connectivity index (χ0v) is 16.4. The highest BCUT2D eigenvalue weighted by molar-refractivity contribution is 5.85. The second-order valence-corrected chi connectivity index (χ2v) is 7.68. The first kappa shape index (κ1) is 17.9. The lowest BCUT2D eigenvalue weighted by molar-refractivity contribution is 0.126. The van der Waals surface area contributed by atoms with Gasteiger partial charge in [0.2, 0.25) is 5.95 Å². The van der Waals surface area contributed by atoms with Crippen molar-refractivity contribution in [1.29, 1.82) is 0 Å². The van der Waals surface area contributed by atoms with Crippen LogP contribution in [0.4, 0.5) is 17.5 Å². The van der Waals surface area contributed by atoms with E-state index >= 15 is 0 Å². The lowest BCUT2D eigenvalue weighted by Crippen LogP contribution is -2.29. The molecule has 0 saturated heterocycles. The fourth-order valence-electron chi connectivity index (χ4n) is 4.04. The third-order valence-corrected chi connectivity index (χ3v) is 5.65. The van der Waals surface area contributed by atoms with Crippen molar-refractivity contribution in [2.24, 2.45) is 0 Å². The quantitative estimate of drug-likeness (QED) is 0.414. The molecule has 1 aliphatic rings. The van der Waals surface area contributed by atoms with Crippen molar-refractivity contribution in [3.63, 3.8) is 0 Å². The van der Waals surface area contributed by atoms with Crippen LogP contribution in [0.3, 0.4) is 0 Å². The summed E-state index contributed by atoms with van der Waals surface area (Å²) in [5.41, 5.74) is 3.75. The van der Waals surface area contributed by atoms with E-state index in [2.05, 4.69) is 43.9 Å². The molecule has 29 heavy (non-hydrogen) atoms. The molecule has 0 spiro atoms. The summed E-state index contributed by atoms with van der Waals surface area (Å²) in [6.45, 7) is 2.11. The number of aryl methyl sites for hydroxylation is 1. The summed E-state index contributed by atoms with van der Waals surface area (Å²) in [6.07, 6.45) is 4.36. The van der Waals surface area contributed by atoms with E-state index in [1.54, 1.807) is 0 Å². The summed E-state index contributed by atoms with van der Waals surface area (Å²) in [5, 5.41) is 29.8. The molecule has 5 rings (SSSR count). The molecule has 1 fully saturated rings. The van der Waals surface area contributed by atoms with E-state index in [0.717, 1.165) is 65.9 Å². The number of pyridine rings is 1. The number of nitrogens with one attached hydrogen (secondary N) is 3. The number of benzene rings is 1. The Morgan fingerprint density at radius 3 is 2.86 bits per heavy atom. The second-order valence-electron chi connectivity index (χ2n) is 7.68. The number of aliphatic hydroxyl groups excluding tert-OH is 1. The van der Waals surface area contributed by atoms with Gasteiger partial charge in [0.1, 0.15) is 5.82 Å². The molecular weight excluding hydrogens is 366 g/mol. The van der Waals surface area contributed by atoms with Crippen molar-refractivity contribution < 1.29 is 5.11 Å². The van der Waals surface area contributed by atoms with Crippen molar-refractivity contribution in [1.82, 2.24) is 24.8 Å². The van der Waals surface area contributed by atoms with E-state index < -0.39 is 0 Å². The minimum absolute atomic E-state index is 0.161. The van der Waals surface area contributed by atoms with Crippen LogP contribution in [0.15, 0.2) is 36.4 Å². The molecule has 0 atom stereocenters. The SMILES string of the molecule is CCc1[nH]nc2cc(Nc3nc4cccc(NC5CCC(O)CC5)n4n3)ccc12. The predicted octanol–water partition coefficient (Wildman–Crippen LogP) is 3.63. The maximum atomic E-state index is 9.72. The molecule has 4 aromatic rings. The summed E-state index contributed by atoms with van der Waals surface area (Å²) in [7, 11) is 0. The molecule has 150 valence electrons. The first-order valence-electron chi connectivity index (χ1n) is 10.2. The molecule has 0 bridgehead atoms. The monoisotopic (exact) mass is 391 g/mol. The molecule has 0 aliphatic heterocycles. The molecule has 3 heterocycles. The lowest BCUT2D eigenvalue weighted by Gasteiger charge is -2.26. The largest absolute Gasteiger partial charge is 0.393 e. The van der Waals surface area contributed by atoms with E-state index in [1.807, 2.05) is 34.8 Å². The summed E-state index contributed by atoms with van der Waals surface area (Å²) in [4.78, 5) is 4.61. The Morgan fingerprint density at radius 1 is 1.17 bits per heavy atom. The highest BCUT2D eigenvalue weighted by atomic mass is 16.3. The molecule has 1 saturated carbocycles. The van der Waals surface area contributed by atoms with Gasteiger partial charge < -0.3 is 15.7 Å². The van der Waals surface area contributed by atoms with Crippen LogP contribution in [0.5, 0.6) is 0 Å². The summed E-state index contributed by atoms with van der Waals surface area (Å²) >= 11 is 0. The highest BCUT2D eigenvalue weighted by Gasteiger charge is 2.20. The minimum atomic E-state index is -0.161. The van der Waals surface area contributed by atoms with Gasteiger partial charge in [0.25, 0.3) is 0 Å². The maximum absolute atomic E-state index is 9.72. The fraction of sp³-hybridized carbons (Fsp3) is 0.381. The molecule has 8 nitrogen and oxygen atoms in total. The molecule has 0 unspecified atom stereocenters. The van der Waals surface area contributed by atoms with Crippen LogP contribution in [-0.4, -0.2) is 42.0 Å². The van der Waals surface area contributed by atoms with Crippen LogP contribution in [-0.2, 0) is 6.42 Å². The van der Waals surface area contributed by atoms with E-state index in [0.29, 0.717) is 12.0 Å². The van der Waals surface area contributed by atoms with Gasteiger partial charge in [0.05, 0.1) is 11.6 Å². The third-order valence-electron chi connectivity index (χ3n) is 5.65. The normalized spacial score (nSPS) is 19.7. The summed E-state index contributed by atoms with van der Waals surface area (Å²) in [5.74, 6) is 1.46. The first-order valence-corrected chi connectivity index (χ1v) is 10.2. The van der Waals surface area contributed by atoms with Gasteiger partial charge in [0, 0.05) is 22.8 Å². The Morgan fingerprint density at radius 2 is 2.03 bits per heavy atom. The molecule has 0 radical (unpaired) electrons. The van der Waals surface area contributed by atoms with Crippen LogP contribution in [0, 0.1) is 0 Å². The van der Waals surface area contributed by atoms with Gasteiger partial charge in [-0.25, -0.2) is 0 Å². The average Bonchev–Trinajstić information content (AvgIpc) is 3.33. The van der Waals surface area contributed by atoms with Gasteiger partial charge in [-0.1, -0.05) is 13.0 Å².